The van der Waals surface area contributed by atoms with Crippen LogP contribution in [0, 0.1) is 11.3 Å². The predicted molar refractivity (Wildman–Crippen MR) is 116 cm³/mol. The number of alkyl halides is 3. The minimum atomic E-state index is -4.55. The Hall–Kier alpha value is -4.65. The molecule has 2 aromatic heterocycles. The molecule has 0 atom stereocenters. The van der Waals surface area contributed by atoms with Gasteiger partial charge in [-0.05, 0) is 42.5 Å². The van der Waals surface area contributed by atoms with Crippen molar-refractivity contribution in [2.75, 3.05) is 11.1 Å². The monoisotopic (exact) mass is 448 g/mol. The summed E-state index contributed by atoms with van der Waals surface area (Å²) in [5.41, 5.74) is 7.20. The lowest BCUT2D eigenvalue weighted by Crippen LogP contribution is -2.07. The Balaban J connectivity index is 1.50. The highest BCUT2D eigenvalue weighted by Gasteiger charge is 2.32. The minimum absolute atomic E-state index is 0.0193. The highest BCUT2D eigenvalue weighted by atomic mass is 19.4. The third-order valence-electron chi connectivity index (χ3n) is 4.42. The van der Waals surface area contributed by atoms with E-state index in [1.165, 1.54) is 6.07 Å². The molecule has 164 valence electrons. The molecule has 0 unspecified atom stereocenters. The third-order valence-corrected chi connectivity index (χ3v) is 4.42. The van der Waals surface area contributed by atoms with Gasteiger partial charge in [-0.1, -0.05) is 12.1 Å². The molecule has 10 heteroatoms. The number of nitrogens with two attached hydrogens (primary N) is 1. The van der Waals surface area contributed by atoms with Crippen molar-refractivity contribution in [2.45, 2.75) is 6.18 Å². The van der Waals surface area contributed by atoms with Gasteiger partial charge in [-0.25, -0.2) is 4.98 Å². The topological polar surface area (TPSA) is 110 Å². The first-order valence-electron chi connectivity index (χ1n) is 9.53. The zero-order chi connectivity index (χ0) is 23.4. The van der Waals surface area contributed by atoms with Gasteiger partial charge in [0.25, 0.3) is 0 Å². The molecule has 4 aromatic rings. The van der Waals surface area contributed by atoms with E-state index < -0.39 is 11.9 Å². The molecule has 0 aliphatic heterocycles. The van der Waals surface area contributed by atoms with Crippen LogP contribution in [0.1, 0.15) is 11.3 Å². The Morgan fingerprint density at radius 2 is 1.73 bits per heavy atom. The van der Waals surface area contributed by atoms with Crippen LogP contribution in [0.3, 0.4) is 0 Å². The van der Waals surface area contributed by atoms with Crippen LogP contribution >= 0.6 is 0 Å². The van der Waals surface area contributed by atoms with Gasteiger partial charge in [-0.15, -0.1) is 0 Å². The summed E-state index contributed by atoms with van der Waals surface area (Å²) in [6.07, 6.45) is -3.52. The van der Waals surface area contributed by atoms with Crippen molar-refractivity contribution in [1.29, 1.82) is 5.26 Å². The summed E-state index contributed by atoms with van der Waals surface area (Å²) < 4.78 is 43.9. The Morgan fingerprint density at radius 1 is 0.939 bits per heavy atom. The van der Waals surface area contributed by atoms with Crippen molar-refractivity contribution in [3.8, 4) is 28.8 Å². The van der Waals surface area contributed by atoms with E-state index in [1.54, 1.807) is 48.5 Å². The molecule has 0 amide bonds. The lowest BCUT2D eigenvalue weighted by atomic mass is 10.1. The number of nitrogens with zero attached hydrogens (tertiary/aromatic N) is 4. The van der Waals surface area contributed by atoms with Crippen molar-refractivity contribution in [3.05, 3.63) is 84.2 Å². The van der Waals surface area contributed by atoms with Crippen molar-refractivity contribution >= 4 is 17.5 Å². The van der Waals surface area contributed by atoms with Crippen molar-refractivity contribution in [2.24, 2.45) is 0 Å². The van der Waals surface area contributed by atoms with Gasteiger partial charge >= 0.3 is 6.18 Å². The maximum Gasteiger partial charge on any atom is 0.433 e. The van der Waals surface area contributed by atoms with Crippen LogP contribution in [0.15, 0.2) is 72.9 Å². The van der Waals surface area contributed by atoms with Gasteiger partial charge in [0.15, 0.2) is 0 Å². The van der Waals surface area contributed by atoms with Crippen LogP contribution in [0.4, 0.5) is 30.6 Å². The number of anilines is 3. The fourth-order valence-electron chi connectivity index (χ4n) is 2.95. The van der Waals surface area contributed by atoms with E-state index in [0.29, 0.717) is 34.1 Å². The number of benzene rings is 2. The molecule has 0 spiro atoms. The molecule has 3 N–H and O–H groups in total. The van der Waals surface area contributed by atoms with E-state index in [-0.39, 0.29) is 11.7 Å². The zero-order valence-corrected chi connectivity index (χ0v) is 16.8. The van der Waals surface area contributed by atoms with Crippen LogP contribution in [0.5, 0.6) is 11.5 Å². The number of nitrogen functional groups attached to an aromatic ring is 1. The quantitative estimate of drug-likeness (QED) is 0.412. The Bertz CT molecular complexity index is 1330. The largest absolute Gasteiger partial charge is 0.457 e. The number of nitriles is 1. The predicted octanol–water partition coefficient (Wildman–Crippen LogP) is 5.55. The molecule has 7 nitrogen and oxygen atoms in total. The lowest BCUT2D eigenvalue weighted by Gasteiger charge is -2.11. The van der Waals surface area contributed by atoms with Crippen LogP contribution in [-0.2, 0) is 6.18 Å². The molecule has 0 aliphatic carbocycles. The van der Waals surface area contributed by atoms with E-state index >= 15 is 0 Å². The standard InChI is InChI=1S/C23H15F3N6O/c24-23(25,26)20-11-18(8-9-29-20)33-17-6-4-16(5-7-17)30-21-12-19(31-22(28)32-21)15-3-1-2-14(10-15)13-27/h1-12H,(H3,28,30,31,32). The van der Waals surface area contributed by atoms with E-state index in [4.69, 9.17) is 15.7 Å². The maximum atomic E-state index is 12.8. The van der Waals surface area contributed by atoms with Gasteiger partial charge in [0.2, 0.25) is 5.95 Å². The molecule has 0 bridgehead atoms. The van der Waals surface area contributed by atoms with Gasteiger partial charge in [0, 0.05) is 29.6 Å². The van der Waals surface area contributed by atoms with E-state index in [1.807, 2.05) is 6.07 Å². The number of halogens is 3. The fraction of sp³-hybridized carbons (Fsp3) is 0.0435. The number of hydrogen-bond donors (Lipinski definition) is 2. The Labute approximate surface area is 186 Å². The highest BCUT2D eigenvalue weighted by Crippen LogP contribution is 2.31. The normalized spacial score (nSPS) is 11.0. The first-order chi connectivity index (χ1) is 15.8. The van der Waals surface area contributed by atoms with Crippen LogP contribution in [0.2, 0.25) is 0 Å². The minimum Gasteiger partial charge on any atom is -0.457 e. The van der Waals surface area contributed by atoms with Gasteiger partial charge < -0.3 is 15.8 Å². The molecule has 4 rings (SSSR count). The fourth-order valence-corrected chi connectivity index (χ4v) is 2.95. The van der Waals surface area contributed by atoms with Gasteiger partial charge in [-0.3, -0.25) is 4.98 Å². The first-order valence-corrected chi connectivity index (χ1v) is 9.53. The average Bonchev–Trinajstić information content (AvgIpc) is 2.80. The Kier molecular flexibility index (Phi) is 5.78. The average molecular weight is 448 g/mol. The number of hydrogen-bond acceptors (Lipinski definition) is 7. The lowest BCUT2D eigenvalue weighted by molar-refractivity contribution is -0.141. The third kappa shape index (κ3) is 5.34. The zero-order valence-electron chi connectivity index (χ0n) is 16.8. The van der Waals surface area contributed by atoms with E-state index in [9.17, 15) is 13.2 Å². The number of nitrogens with one attached hydrogen (secondary N) is 1. The maximum absolute atomic E-state index is 12.8. The molecule has 0 aliphatic rings. The second kappa shape index (κ2) is 8.84. The summed E-state index contributed by atoms with van der Waals surface area (Å²) in [5, 5.41) is 12.2. The van der Waals surface area contributed by atoms with Gasteiger partial charge in [0.1, 0.15) is 23.0 Å². The smallest absolute Gasteiger partial charge is 0.433 e. The summed E-state index contributed by atoms with van der Waals surface area (Å²) in [6, 6.07) is 19.4. The molecule has 0 saturated heterocycles. The van der Waals surface area contributed by atoms with Crippen LogP contribution < -0.4 is 15.8 Å². The summed E-state index contributed by atoms with van der Waals surface area (Å²) in [5.74, 6) is 0.842. The van der Waals surface area contributed by atoms with Crippen LogP contribution in [-0.4, -0.2) is 15.0 Å². The van der Waals surface area contributed by atoms with Crippen molar-refractivity contribution in [1.82, 2.24) is 15.0 Å². The summed E-state index contributed by atoms with van der Waals surface area (Å²) in [4.78, 5) is 11.7. The molecular formula is C23H15F3N6O. The molecule has 0 saturated carbocycles. The number of pyridine rings is 1. The SMILES string of the molecule is N#Cc1cccc(-c2cc(Nc3ccc(Oc4ccnc(C(F)(F)F)c4)cc3)nc(N)n2)c1. The van der Waals surface area contributed by atoms with Crippen LogP contribution in [0.25, 0.3) is 11.3 Å². The van der Waals surface area contributed by atoms with Crippen molar-refractivity contribution in [3.63, 3.8) is 0 Å². The van der Waals surface area contributed by atoms with Gasteiger partial charge in [-0.2, -0.15) is 23.4 Å². The molecule has 2 heterocycles. The molecule has 0 radical (unpaired) electrons. The first kappa shape index (κ1) is 21.6. The highest BCUT2D eigenvalue weighted by molar-refractivity contribution is 5.68. The van der Waals surface area contributed by atoms with Gasteiger partial charge in [0.05, 0.1) is 17.3 Å². The van der Waals surface area contributed by atoms with Crippen molar-refractivity contribution < 1.29 is 17.9 Å². The molecule has 2 aromatic carbocycles. The second-order valence-electron chi connectivity index (χ2n) is 6.82. The number of rotatable bonds is 5. The molecule has 33 heavy (non-hydrogen) atoms. The summed E-state index contributed by atoms with van der Waals surface area (Å²) in [7, 11) is 0. The summed E-state index contributed by atoms with van der Waals surface area (Å²) in [6.45, 7) is 0. The Morgan fingerprint density at radius 3 is 2.45 bits per heavy atom. The van der Waals surface area contributed by atoms with E-state index in [2.05, 4.69) is 26.3 Å². The number of ether oxygens (including phenoxy) is 1. The van der Waals surface area contributed by atoms with E-state index in [0.717, 1.165) is 12.3 Å². The second-order valence-corrected chi connectivity index (χ2v) is 6.82. The number of aromatic nitrogens is 3. The summed E-state index contributed by atoms with van der Waals surface area (Å²) >= 11 is 0. The molecular weight excluding hydrogens is 433 g/mol. The molecule has 0 fully saturated rings.